The predicted molar refractivity (Wildman–Crippen MR) is 233 cm³/mol. The van der Waals surface area contributed by atoms with Gasteiger partial charge in [-0.15, -0.1) is 0 Å². The van der Waals surface area contributed by atoms with Gasteiger partial charge in [-0.25, -0.2) is 0 Å². The summed E-state index contributed by atoms with van der Waals surface area (Å²) in [5.41, 5.74) is 0.541. The van der Waals surface area contributed by atoms with Gasteiger partial charge in [0.15, 0.2) is 0 Å². The number of rotatable bonds is 45. The van der Waals surface area contributed by atoms with E-state index in [-0.39, 0.29) is 0 Å². The van der Waals surface area contributed by atoms with E-state index in [0.29, 0.717) is 5.41 Å². The number of unbranched alkanes of at least 4 members (excludes halogenated alkanes) is 37. The van der Waals surface area contributed by atoms with E-state index < -0.39 is 0 Å². The highest BCUT2D eigenvalue weighted by Crippen LogP contribution is 2.41. The molecule has 0 heteroatoms. The molecule has 0 saturated carbocycles. The summed E-state index contributed by atoms with van der Waals surface area (Å²) in [4.78, 5) is 0. The van der Waals surface area contributed by atoms with E-state index in [1.165, 1.54) is 283 Å². The molecule has 0 aromatic heterocycles. The van der Waals surface area contributed by atoms with Crippen LogP contribution in [0.15, 0.2) is 0 Å². The Labute approximate surface area is 321 Å². The van der Waals surface area contributed by atoms with Gasteiger partial charge >= 0.3 is 0 Å². The molecule has 0 spiro atoms. The third-order valence-electron chi connectivity index (χ3n) is 12.2. The van der Waals surface area contributed by atoms with Gasteiger partial charge in [0, 0.05) is 0 Å². The number of hydrogen-bond acceptors (Lipinski definition) is 0. The van der Waals surface area contributed by atoms with Gasteiger partial charge in [-0.3, -0.25) is 0 Å². The molecule has 0 fully saturated rings. The van der Waals surface area contributed by atoms with Gasteiger partial charge in [0.1, 0.15) is 0 Å². The van der Waals surface area contributed by atoms with Gasteiger partial charge < -0.3 is 0 Å². The Balaban J connectivity index is 4.87. The first-order valence-corrected chi connectivity index (χ1v) is 24.6. The van der Waals surface area contributed by atoms with Crippen molar-refractivity contribution >= 4 is 0 Å². The second-order valence-electron chi connectivity index (χ2n) is 17.3. The summed E-state index contributed by atoms with van der Waals surface area (Å²) in [6, 6.07) is 0. The first kappa shape index (κ1) is 50.0. The fourth-order valence-electron chi connectivity index (χ4n) is 8.61. The second-order valence-corrected chi connectivity index (χ2v) is 17.3. The fraction of sp³-hybridized carbons (Fsp3) is 0.980. The van der Waals surface area contributed by atoms with Crippen molar-refractivity contribution in [3.8, 4) is 0 Å². The highest BCUT2D eigenvalue weighted by atomic mass is 14.3. The van der Waals surface area contributed by atoms with Crippen LogP contribution in [-0.4, -0.2) is 0 Å². The number of hydrogen-bond donors (Lipinski definition) is 0. The molecule has 301 valence electrons. The van der Waals surface area contributed by atoms with Crippen LogP contribution in [0.5, 0.6) is 0 Å². The van der Waals surface area contributed by atoms with E-state index >= 15 is 0 Å². The molecule has 0 aliphatic heterocycles. The maximum atomic E-state index is 2.95. The van der Waals surface area contributed by atoms with Crippen molar-refractivity contribution in [1.29, 1.82) is 0 Å². The van der Waals surface area contributed by atoms with E-state index in [1.807, 2.05) is 0 Å². The quantitative estimate of drug-likeness (QED) is 0.0555. The Morgan fingerprint density at radius 3 is 0.620 bits per heavy atom. The van der Waals surface area contributed by atoms with Gasteiger partial charge in [-0.2, -0.15) is 0 Å². The third-order valence-corrected chi connectivity index (χ3v) is 12.2. The molecule has 0 heterocycles. The van der Waals surface area contributed by atoms with E-state index in [1.54, 1.807) is 0 Å². The Bertz CT molecular complexity index is 517. The standard InChI is InChI=1S/C50H101/c1-5-9-13-17-21-25-29-33-37-41-45-49-50(46-42-38-34-30-26-22-18-14-10-6-2,47-43-39-35-31-27-23-19-15-11-7-3)48-44-40-36-32-28-24-20-16-12-8-4/h49H,5-48H2,1-4H3. The van der Waals surface area contributed by atoms with Gasteiger partial charge in [0.25, 0.3) is 0 Å². The minimum Gasteiger partial charge on any atom is -0.0654 e. The maximum absolute atomic E-state index is 2.95. The van der Waals surface area contributed by atoms with Crippen molar-refractivity contribution in [3.63, 3.8) is 0 Å². The first-order valence-electron chi connectivity index (χ1n) is 24.6. The molecule has 0 aliphatic rings. The molecule has 0 N–H and O–H groups in total. The lowest BCUT2D eigenvalue weighted by Gasteiger charge is -2.35. The molecule has 0 aromatic rings. The minimum absolute atomic E-state index is 0.541. The van der Waals surface area contributed by atoms with Gasteiger partial charge in [-0.1, -0.05) is 285 Å². The topological polar surface area (TPSA) is 0 Å². The monoisotopic (exact) mass is 702 g/mol. The normalized spacial score (nSPS) is 12.0. The zero-order valence-electron chi connectivity index (χ0n) is 36.2. The average molecular weight is 702 g/mol. The van der Waals surface area contributed by atoms with Crippen LogP contribution in [0.2, 0.25) is 0 Å². The Kier molecular flexibility index (Phi) is 43.4. The van der Waals surface area contributed by atoms with Crippen molar-refractivity contribution in [2.45, 2.75) is 310 Å². The second kappa shape index (κ2) is 43.4. The molecule has 0 nitrogen and oxygen atoms in total. The Morgan fingerprint density at radius 2 is 0.400 bits per heavy atom. The lowest BCUT2D eigenvalue weighted by molar-refractivity contribution is 0.231. The van der Waals surface area contributed by atoms with E-state index in [4.69, 9.17) is 0 Å². The van der Waals surface area contributed by atoms with Crippen molar-refractivity contribution < 1.29 is 0 Å². The summed E-state index contributed by atoms with van der Waals surface area (Å²) in [6.45, 7) is 9.34. The van der Waals surface area contributed by atoms with Crippen LogP contribution in [0, 0.1) is 11.8 Å². The van der Waals surface area contributed by atoms with E-state index in [2.05, 4.69) is 34.1 Å². The Morgan fingerprint density at radius 1 is 0.220 bits per heavy atom. The van der Waals surface area contributed by atoms with Crippen molar-refractivity contribution in [1.82, 2.24) is 0 Å². The van der Waals surface area contributed by atoms with Crippen molar-refractivity contribution in [2.75, 3.05) is 0 Å². The summed E-state index contributed by atoms with van der Waals surface area (Å²) >= 11 is 0. The lowest BCUT2D eigenvalue weighted by atomic mass is 9.70. The third kappa shape index (κ3) is 37.7. The highest BCUT2D eigenvalue weighted by molar-refractivity contribution is 4.92. The summed E-state index contributed by atoms with van der Waals surface area (Å²) < 4.78 is 0. The molecular weight excluding hydrogens is 601 g/mol. The summed E-state index contributed by atoms with van der Waals surface area (Å²) in [7, 11) is 0. The Hall–Kier alpha value is 0. The van der Waals surface area contributed by atoms with Crippen molar-refractivity contribution in [2.24, 2.45) is 5.41 Å². The molecular formula is C50H101. The molecule has 0 aromatic carbocycles. The molecule has 0 aliphatic carbocycles. The molecule has 0 rings (SSSR count). The average Bonchev–Trinajstić information content (AvgIpc) is 3.13. The maximum Gasteiger partial charge on any atom is -0.0266 e. The van der Waals surface area contributed by atoms with E-state index in [0.717, 1.165) is 0 Å². The summed E-state index contributed by atoms with van der Waals surface area (Å²) in [5, 5.41) is 0. The van der Waals surface area contributed by atoms with Gasteiger partial charge in [0.2, 0.25) is 0 Å². The van der Waals surface area contributed by atoms with Crippen LogP contribution in [-0.2, 0) is 0 Å². The molecule has 50 heavy (non-hydrogen) atoms. The van der Waals surface area contributed by atoms with Gasteiger partial charge in [0.05, 0.1) is 0 Å². The van der Waals surface area contributed by atoms with Crippen LogP contribution in [0.4, 0.5) is 0 Å². The highest BCUT2D eigenvalue weighted by Gasteiger charge is 2.28. The SMILES string of the molecule is CCCCCCCCCCCC[CH]C(CCCCCCCCCCCC)(CCCCCCCCCCCC)CCCCCCCCCCCC. The summed E-state index contributed by atoms with van der Waals surface area (Å²) in [6.07, 6.45) is 67.4. The fourth-order valence-corrected chi connectivity index (χ4v) is 8.61. The predicted octanol–water partition coefficient (Wildman–Crippen LogP) is 19.4. The smallest absolute Gasteiger partial charge is 0.0266 e. The molecule has 0 bridgehead atoms. The van der Waals surface area contributed by atoms with Crippen LogP contribution in [0.3, 0.4) is 0 Å². The largest absolute Gasteiger partial charge is 0.0654 e. The van der Waals surface area contributed by atoms with Crippen molar-refractivity contribution in [3.05, 3.63) is 6.42 Å². The lowest BCUT2D eigenvalue weighted by Crippen LogP contribution is -2.22. The zero-order valence-corrected chi connectivity index (χ0v) is 36.2. The van der Waals surface area contributed by atoms with Crippen LogP contribution in [0.25, 0.3) is 0 Å². The molecule has 0 amide bonds. The van der Waals surface area contributed by atoms with Crippen LogP contribution in [0.1, 0.15) is 310 Å². The molecule has 0 unspecified atom stereocenters. The molecule has 1 radical (unpaired) electrons. The van der Waals surface area contributed by atoms with Gasteiger partial charge in [-0.05, 0) is 37.5 Å². The first-order chi connectivity index (χ1) is 24.7. The summed E-state index contributed by atoms with van der Waals surface area (Å²) in [5.74, 6) is 0. The molecule has 0 atom stereocenters. The van der Waals surface area contributed by atoms with Crippen LogP contribution >= 0.6 is 0 Å². The zero-order chi connectivity index (χ0) is 36.3. The van der Waals surface area contributed by atoms with E-state index in [9.17, 15) is 0 Å². The van der Waals surface area contributed by atoms with Crippen LogP contribution < -0.4 is 0 Å². The molecule has 0 saturated heterocycles. The minimum atomic E-state index is 0.541.